The molecule has 3 aromatic carbocycles. The third-order valence-corrected chi connectivity index (χ3v) is 11.5. The van der Waals surface area contributed by atoms with E-state index in [2.05, 4.69) is 21.2 Å². The van der Waals surface area contributed by atoms with Crippen LogP contribution in [0.1, 0.15) is 28.8 Å². The Morgan fingerprint density at radius 2 is 1.68 bits per heavy atom. The Balaban J connectivity index is 1.42. The van der Waals surface area contributed by atoms with Gasteiger partial charge in [-0.15, -0.1) is 0 Å². The lowest BCUT2D eigenvalue weighted by Crippen LogP contribution is -2.76. The van der Waals surface area contributed by atoms with Crippen molar-refractivity contribution in [3.05, 3.63) is 87.4 Å². The zero-order valence-electron chi connectivity index (χ0n) is 26.1. The van der Waals surface area contributed by atoms with Crippen LogP contribution in [0.4, 0.5) is 5.69 Å². The van der Waals surface area contributed by atoms with Crippen molar-refractivity contribution >= 4 is 61.0 Å². The Morgan fingerprint density at radius 1 is 1.00 bits per heavy atom. The molecule has 3 unspecified atom stereocenters. The number of benzene rings is 3. The maximum atomic E-state index is 14.6. The Hall–Kier alpha value is -3.65. The normalized spacial score (nSPS) is 21.8. The topological polar surface area (TPSA) is 120 Å². The second kappa shape index (κ2) is 13.1. The monoisotopic (exact) mass is 743 g/mol. The highest BCUT2D eigenvalue weighted by Gasteiger charge is 2.56. The predicted octanol–water partition coefficient (Wildman–Crippen LogP) is 3.75. The number of halogens is 2. The molecule has 3 amide bonds. The lowest BCUT2D eigenvalue weighted by molar-refractivity contribution is -0.167. The van der Waals surface area contributed by atoms with Crippen molar-refractivity contribution in [2.24, 2.45) is 0 Å². The summed E-state index contributed by atoms with van der Waals surface area (Å²) in [7, 11) is 0.734. The summed E-state index contributed by atoms with van der Waals surface area (Å²) >= 11 is 9.71. The van der Waals surface area contributed by atoms with E-state index in [-0.39, 0.29) is 47.1 Å². The molecule has 0 bridgehead atoms. The van der Waals surface area contributed by atoms with Gasteiger partial charge in [-0.2, -0.15) is 4.31 Å². The van der Waals surface area contributed by atoms with Gasteiger partial charge in [-0.05, 0) is 73.0 Å². The molecular weight excluding hydrogens is 710 g/mol. The van der Waals surface area contributed by atoms with Gasteiger partial charge in [0.15, 0.2) is 0 Å². The van der Waals surface area contributed by atoms with Crippen LogP contribution in [-0.2, 0) is 26.0 Å². The van der Waals surface area contributed by atoms with Crippen LogP contribution in [0, 0.1) is 0 Å². The van der Waals surface area contributed by atoms with Crippen LogP contribution in [0.3, 0.4) is 0 Å². The summed E-state index contributed by atoms with van der Waals surface area (Å²) < 4.78 is 36.7. The molecule has 2 saturated heterocycles. The number of carbonyl (C=O) groups is 3. The van der Waals surface area contributed by atoms with Crippen molar-refractivity contribution in [1.29, 1.82) is 0 Å². The second-order valence-electron chi connectivity index (χ2n) is 12.1. The maximum absolute atomic E-state index is 14.6. The van der Waals surface area contributed by atoms with Crippen LogP contribution in [0.25, 0.3) is 0 Å². The summed E-state index contributed by atoms with van der Waals surface area (Å²) in [5.74, 6) is -1.23. The Bertz CT molecular complexity index is 1800. The summed E-state index contributed by atoms with van der Waals surface area (Å²) in [6.45, 7) is -0.349. The number of carbonyl (C=O) groups excluding carboxylic acids is 3. The van der Waals surface area contributed by atoms with E-state index in [1.807, 2.05) is 43.3 Å². The summed E-state index contributed by atoms with van der Waals surface area (Å²) in [5.41, 5.74) is 1.99. The quantitative estimate of drug-likeness (QED) is 0.355. The van der Waals surface area contributed by atoms with Crippen LogP contribution in [0.15, 0.2) is 76.1 Å². The van der Waals surface area contributed by atoms with E-state index in [0.717, 1.165) is 28.6 Å². The molecule has 0 radical (unpaired) electrons. The minimum Gasteiger partial charge on any atom is -0.495 e. The van der Waals surface area contributed by atoms with Gasteiger partial charge < -0.3 is 24.8 Å². The first-order valence-electron chi connectivity index (χ1n) is 15.2. The minimum absolute atomic E-state index is 0.000846. The smallest absolute Gasteiger partial charge is 0.251 e. The molecule has 6 rings (SSSR count). The highest BCUT2D eigenvalue weighted by atomic mass is 79.9. The third-order valence-electron chi connectivity index (χ3n) is 8.83. The zero-order valence-corrected chi connectivity index (χ0v) is 29.3. The van der Waals surface area contributed by atoms with E-state index < -0.39 is 40.1 Å². The number of rotatable bonds is 9. The summed E-state index contributed by atoms with van der Waals surface area (Å²) in [6.07, 6.45) is 0.746. The number of fused-ring (bicyclic) bond motifs is 1. The van der Waals surface area contributed by atoms with E-state index in [4.69, 9.17) is 16.3 Å². The van der Waals surface area contributed by atoms with Gasteiger partial charge in [-0.3, -0.25) is 14.4 Å². The molecule has 248 valence electrons. The summed E-state index contributed by atoms with van der Waals surface area (Å²) in [5, 5.41) is 2.96. The molecular formula is C33H35BrClN5O6S. The molecule has 0 aromatic heterocycles. The number of hydrogen-bond donors (Lipinski definition) is 1. The largest absolute Gasteiger partial charge is 0.495 e. The van der Waals surface area contributed by atoms with Gasteiger partial charge in [-0.25, -0.2) is 8.42 Å². The number of anilines is 1. The average molecular weight is 745 g/mol. The fourth-order valence-electron chi connectivity index (χ4n) is 6.20. The molecule has 3 aromatic rings. The van der Waals surface area contributed by atoms with Gasteiger partial charge >= 0.3 is 0 Å². The van der Waals surface area contributed by atoms with Crippen molar-refractivity contribution in [1.82, 2.24) is 19.4 Å². The molecule has 1 saturated carbocycles. The van der Waals surface area contributed by atoms with Gasteiger partial charge in [0.2, 0.25) is 21.8 Å². The fraction of sp³-hybridized carbons (Fsp3) is 0.364. The number of hydrogen-bond acceptors (Lipinski definition) is 7. The van der Waals surface area contributed by atoms with Crippen LogP contribution in [0.2, 0.25) is 5.02 Å². The van der Waals surface area contributed by atoms with Gasteiger partial charge in [0, 0.05) is 53.8 Å². The molecule has 2 heterocycles. The predicted molar refractivity (Wildman–Crippen MR) is 181 cm³/mol. The molecule has 1 aliphatic carbocycles. The first kappa shape index (κ1) is 33.3. The molecule has 3 atom stereocenters. The van der Waals surface area contributed by atoms with E-state index >= 15 is 0 Å². The Kier molecular flexibility index (Phi) is 9.27. The third kappa shape index (κ3) is 6.58. The lowest BCUT2D eigenvalue weighted by atomic mass is 9.97. The molecule has 3 fully saturated rings. The van der Waals surface area contributed by atoms with Gasteiger partial charge in [-0.1, -0.05) is 39.7 Å². The highest BCUT2D eigenvalue weighted by Crippen LogP contribution is 2.38. The van der Waals surface area contributed by atoms with Crippen molar-refractivity contribution in [2.75, 3.05) is 39.2 Å². The number of nitrogens with zero attached hydrogens (tertiary/aromatic N) is 4. The molecule has 0 spiro atoms. The number of sulfonamides is 1. The van der Waals surface area contributed by atoms with Crippen molar-refractivity contribution in [2.45, 2.75) is 48.4 Å². The fourth-order valence-corrected chi connectivity index (χ4v) is 8.47. The number of amides is 3. The van der Waals surface area contributed by atoms with E-state index in [1.54, 1.807) is 29.2 Å². The molecule has 3 aliphatic rings. The van der Waals surface area contributed by atoms with E-state index in [1.165, 1.54) is 34.5 Å². The van der Waals surface area contributed by atoms with Crippen LogP contribution in [-0.4, -0.2) is 98.8 Å². The SMILES string of the molecule is COc1ccc(Cl)cc1S(=O)(=O)N1CC(NC(=O)c2ccc(N(C)C)cc2)C(=O)N2C(Cc3ccc(Br)cc3)C(=O)N(C3CC3)CC21. The average Bonchev–Trinajstić information content (AvgIpc) is 3.90. The molecule has 47 heavy (non-hydrogen) atoms. The minimum atomic E-state index is -4.39. The van der Waals surface area contributed by atoms with E-state index in [9.17, 15) is 22.8 Å². The van der Waals surface area contributed by atoms with Crippen molar-refractivity contribution < 1.29 is 27.5 Å². The molecule has 2 aliphatic heterocycles. The van der Waals surface area contributed by atoms with Gasteiger partial charge in [0.05, 0.1) is 13.7 Å². The van der Waals surface area contributed by atoms with Crippen LogP contribution >= 0.6 is 27.5 Å². The first-order valence-corrected chi connectivity index (χ1v) is 17.8. The standard InChI is InChI=1S/C33H35BrClN5O6S/c1-37(2)24-11-6-21(7-12-24)31(41)36-26-18-39(47(44,45)29-17-23(35)10-15-28(29)46-3)30-19-38(25-13-14-25)33(43)27(40(30)32(26)42)16-20-4-8-22(34)9-5-20/h4-12,15,17,25-27,30H,13-14,16,18-19H2,1-3H3,(H,36,41). The summed E-state index contributed by atoms with van der Waals surface area (Å²) in [4.78, 5) is 46.8. The maximum Gasteiger partial charge on any atom is 0.251 e. The van der Waals surface area contributed by atoms with Crippen molar-refractivity contribution in [3.8, 4) is 5.75 Å². The number of nitrogens with one attached hydrogen (secondary N) is 1. The van der Waals surface area contributed by atoms with Crippen molar-refractivity contribution in [3.63, 3.8) is 0 Å². The number of piperazine rings is 1. The Morgan fingerprint density at radius 3 is 2.30 bits per heavy atom. The first-order chi connectivity index (χ1) is 22.4. The number of ether oxygens (including phenoxy) is 1. The number of methoxy groups -OCH3 is 1. The lowest BCUT2D eigenvalue weighted by Gasteiger charge is -2.53. The summed E-state index contributed by atoms with van der Waals surface area (Å²) in [6, 6.07) is 16.3. The highest BCUT2D eigenvalue weighted by molar-refractivity contribution is 9.10. The second-order valence-corrected chi connectivity index (χ2v) is 15.3. The van der Waals surface area contributed by atoms with Gasteiger partial charge in [0.1, 0.15) is 28.9 Å². The van der Waals surface area contributed by atoms with Crippen LogP contribution < -0.4 is 15.0 Å². The molecule has 11 nitrogen and oxygen atoms in total. The Labute approximate surface area is 287 Å². The van der Waals surface area contributed by atoms with Crippen LogP contribution in [0.5, 0.6) is 5.75 Å². The molecule has 14 heteroatoms. The zero-order chi connectivity index (χ0) is 33.6. The molecule has 1 N–H and O–H groups in total. The van der Waals surface area contributed by atoms with E-state index in [0.29, 0.717) is 5.56 Å². The van der Waals surface area contributed by atoms with Gasteiger partial charge in [0.25, 0.3) is 5.91 Å².